The van der Waals surface area contributed by atoms with Gasteiger partial charge in [-0.3, -0.25) is 11.5 Å². The number of hydrogen-bond acceptors (Lipinski definition) is 7. The summed E-state index contributed by atoms with van der Waals surface area (Å²) in [7, 11) is 1.45. The van der Waals surface area contributed by atoms with E-state index >= 15 is 4.39 Å². The molecule has 1 aromatic carbocycles. The Morgan fingerprint density at radius 1 is 0.966 bits per heavy atom. The van der Waals surface area contributed by atoms with E-state index in [2.05, 4.69) is 25.7 Å². The molecule has 0 spiro atoms. The molecule has 1 aliphatic carbocycles. The average molecular weight is 409 g/mol. The highest BCUT2D eigenvalue weighted by atomic mass is 19.1. The van der Waals surface area contributed by atoms with E-state index in [4.69, 9.17) is 21.9 Å². The third-order valence-corrected chi connectivity index (χ3v) is 6.21. The molecule has 0 bridgehead atoms. The van der Waals surface area contributed by atoms with Crippen molar-refractivity contribution in [1.29, 1.82) is 0 Å². The van der Waals surface area contributed by atoms with E-state index in [1.54, 1.807) is 23.1 Å². The molecule has 0 radical (unpaired) electrons. The third kappa shape index (κ3) is 4.22. The minimum absolute atomic E-state index is 0.167. The molecule has 3 rings (SSSR count). The molecule has 1 saturated heterocycles. The Labute approximate surface area is 173 Å². The van der Waals surface area contributed by atoms with Crippen molar-refractivity contribution in [1.82, 2.24) is 9.80 Å². The first-order valence-corrected chi connectivity index (χ1v) is 10.6. The normalized spacial score (nSPS) is 28.4. The molecule has 6 N–H and O–H groups in total. The molecule has 164 valence electrons. The second-order valence-corrected chi connectivity index (χ2v) is 9.11. The Morgan fingerprint density at radius 3 is 2.14 bits per heavy atom. The zero-order valence-corrected chi connectivity index (χ0v) is 18.1. The van der Waals surface area contributed by atoms with E-state index in [1.165, 1.54) is 20.0 Å². The first-order chi connectivity index (χ1) is 13.7. The number of halogens is 1. The molecule has 1 saturated carbocycles. The highest BCUT2D eigenvalue weighted by Gasteiger charge is 2.48. The van der Waals surface area contributed by atoms with Crippen molar-refractivity contribution in [2.45, 2.75) is 89.7 Å². The summed E-state index contributed by atoms with van der Waals surface area (Å²) in [5.41, 5.74) is 20.1. The van der Waals surface area contributed by atoms with Gasteiger partial charge in [-0.2, -0.15) is 0 Å². The Kier molecular flexibility index (Phi) is 6.70. The summed E-state index contributed by atoms with van der Waals surface area (Å²) in [6.45, 7) is 6.19. The van der Waals surface area contributed by atoms with Crippen LogP contribution in [0.4, 0.5) is 10.1 Å². The zero-order valence-electron chi connectivity index (χ0n) is 18.1. The van der Waals surface area contributed by atoms with Crippen molar-refractivity contribution < 1.29 is 9.13 Å². The summed E-state index contributed by atoms with van der Waals surface area (Å²) in [6.07, 6.45) is 5.05. The summed E-state index contributed by atoms with van der Waals surface area (Å²) in [4.78, 5) is 5.87. The molecular weight excluding hydrogens is 371 g/mol. The molecular formula is C21H37FN6O. The number of ether oxygens (including phenoxy) is 1. The number of nitrogens with two attached hydrogens (primary N) is 3. The topological polar surface area (TPSA) is 97.0 Å². The van der Waals surface area contributed by atoms with Gasteiger partial charge in [0.1, 0.15) is 18.9 Å². The first kappa shape index (κ1) is 22.2. The number of nitrogens with zero attached hydrogens (tertiary/aromatic N) is 3. The van der Waals surface area contributed by atoms with E-state index in [1.807, 2.05) is 4.90 Å². The molecule has 1 aromatic rings. The van der Waals surface area contributed by atoms with Gasteiger partial charge in [0, 0.05) is 11.6 Å². The maximum absolute atomic E-state index is 15.2. The molecule has 1 heterocycles. The average Bonchev–Trinajstić information content (AvgIpc) is 2.91. The van der Waals surface area contributed by atoms with Crippen LogP contribution in [0.3, 0.4) is 0 Å². The van der Waals surface area contributed by atoms with Gasteiger partial charge in [0.05, 0.1) is 12.8 Å². The van der Waals surface area contributed by atoms with Gasteiger partial charge in [-0.25, -0.2) is 14.2 Å². The fourth-order valence-corrected chi connectivity index (χ4v) is 4.81. The van der Waals surface area contributed by atoms with Gasteiger partial charge in [0.25, 0.3) is 0 Å². The lowest BCUT2D eigenvalue weighted by Crippen LogP contribution is -2.82. The van der Waals surface area contributed by atoms with E-state index < -0.39 is 24.7 Å². The van der Waals surface area contributed by atoms with Crippen molar-refractivity contribution in [3.05, 3.63) is 24.0 Å². The molecule has 1 aliphatic heterocycles. The van der Waals surface area contributed by atoms with Crippen LogP contribution in [0.1, 0.15) is 59.3 Å². The first-order valence-electron chi connectivity index (χ1n) is 10.6. The van der Waals surface area contributed by atoms with Crippen LogP contribution in [0.25, 0.3) is 0 Å². The second-order valence-electron chi connectivity index (χ2n) is 9.11. The summed E-state index contributed by atoms with van der Waals surface area (Å²) in [5.74, 6) is -0.300. The summed E-state index contributed by atoms with van der Waals surface area (Å²) in [5, 5.41) is 0. The monoisotopic (exact) mass is 408 g/mol. The summed E-state index contributed by atoms with van der Waals surface area (Å²) in [6, 6.07) is 5.27. The molecule has 2 fully saturated rings. The van der Waals surface area contributed by atoms with Crippen molar-refractivity contribution in [2.75, 3.05) is 12.0 Å². The third-order valence-electron chi connectivity index (χ3n) is 6.21. The number of anilines is 1. The van der Waals surface area contributed by atoms with E-state index in [-0.39, 0.29) is 17.3 Å². The molecule has 3 atom stereocenters. The predicted octanol–water partition coefficient (Wildman–Crippen LogP) is 2.51. The molecule has 0 aromatic heterocycles. The molecule has 0 amide bonds. The fraction of sp³-hybridized carbons (Fsp3) is 0.714. The van der Waals surface area contributed by atoms with Gasteiger partial charge in [-0.05, 0) is 45.7 Å². The van der Waals surface area contributed by atoms with Crippen LogP contribution in [-0.4, -0.2) is 47.4 Å². The highest BCUT2D eigenvalue weighted by Crippen LogP contribution is 2.37. The van der Waals surface area contributed by atoms with Crippen molar-refractivity contribution in [3.8, 4) is 5.75 Å². The SMILES string of the molecule is COc1cccc(N2C(N)N(C3CCCCCC3)C(N)N(C(C)(C)C)C2N)c1F. The zero-order chi connectivity index (χ0) is 21.3. The minimum Gasteiger partial charge on any atom is -0.494 e. The fourth-order valence-electron chi connectivity index (χ4n) is 4.81. The van der Waals surface area contributed by atoms with E-state index in [9.17, 15) is 0 Å². The van der Waals surface area contributed by atoms with E-state index in [0.717, 1.165) is 25.7 Å². The quantitative estimate of drug-likeness (QED) is 0.661. The maximum atomic E-state index is 15.2. The molecule has 3 unspecified atom stereocenters. The van der Waals surface area contributed by atoms with Gasteiger partial charge in [0.2, 0.25) is 0 Å². The molecule has 8 heteroatoms. The Balaban J connectivity index is 2.07. The van der Waals surface area contributed by atoms with Crippen LogP contribution in [0.5, 0.6) is 5.75 Å². The van der Waals surface area contributed by atoms with E-state index in [0.29, 0.717) is 5.69 Å². The number of hydrogen-bond donors (Lipinski definition) is 3. The van der Waals surface area contributed by atoms with Crippen molar-refractivity contribution in [2.24, 2.45) is 17.2 Å². The molecule has 7 nitrogen and oxygen atoms in total. The lowest BCUT2D eigenvalue weighted by atomic mass is 10.0. The standard InChI is InChI=1S/C21H37FN6O/c1-21(2,3)28-19(24)26(14-10-7-5-6-8-11-14)18(23)27(20(28)25)15-12-9-13-16(29-4)17(15)22/h9,12-14,18-20H,5-8,10-11,23-25H2,1-4H3. The number of methoxy groups -OCH3 is 1. The van der Waals surface area contributed by atoms with Gasteiger partial charge < -0.3 is 15.4 Å². The number of benzene rings is 1. The van der Waals surface area contributed by atoms with Gasteiger partial charge in [-0.15, -0.1) is 0 Å². The van der Waals surface area contributed by atoms with Crippen LogP contribution >= 0.6 is 0 Å². The largest absolute Gasteiger partial charge is 0.494 e. The van der Waals surface area contributed by atoms with Crippen LogP contribution in [-0.2, 0) is 0 Å². The Bertz CT molecular complexity index is 688. The summed E-state index contributed by atoms with van der Waals surface area (Å²) < 4.78 is 20.4. The Morgan fingerprint density at radius 2 is 1.59 bits per heavy atom. The van der Waals surface area contributed by atoms with Gasteiger partial charge in [0.15, 0.2) is 11.6 Å². The minimum atomic E-state index is -0.677. The highest BCUT2D eigenvalue weighted by molar-refractivity contribution is 5.54. The van der Waals surface area contributed by atoms with Crippen molar-refractivity contribution in [3.63, 3.8) is 0 Å². The van der Waals surface area contributed by atoms with Crippen LogP contribution in [0.2, 0.25) is 0 Å². The lowest BCUT2D eigenvalue weighted by molar-refractivity contribution is -0.123. The predicted molar refractivity (Wildman–Crippen MR) is 114 cm³/mol. The lowest BCUT2D eigenvalue weighted by Gasteiger charge is -2.60. The second kappa shape index (κ2) is 8.73. The van der Waals surface area contributed by atoms with Crippen LogP contribution in [0, 0.1) is 5.82 Å². The molecule has 2 aliphatic rings. The van der Waals surface area contributed by atoms with Gasteiger partial charge >= 0.3 is 0 Å². The molecule has 29 heavy (non-hydrogen) atoms. The van der Waals surface area contributed by atoms with Crippen LogP contribution in [0.15, 0.2) is 18.2 Å². The smallest absolute Gasteiger partial charge is 0.188 e. The van der Waals surface area contributed by atoms with Gasteiger partial charge in [-0.1, -0.05) is 31.7 Å². The van der Waals surface area contributed by atoms with Crippen LogP contribution < -0.4 is 26.8 Å². The Hall–Kier alpha value is -1.45. The van der Waals surface area contributed by atoms with Crippen molar-refractivity contribution >= 4 is 5.69 Å². The number of rotatable bonds is 3. The summed E-state index contributed by atoms with van der Waals surface area (Å²) >= 11 is 0. The maximum Gasteiger partial charge on any atom is 0.188 e.